The van der Waals surface area contributed by atoms with Crippen LogP contribution >= 0.6 is 11.6 Å². The SMILES string of the molecule is CC(Cc1ccc(C(C)(C)C)cc1Cl)c1ccc2c(cnn2C)c1. The molecule has 0 saturated carbocycles. The van der Waals surface area contributed by atoms with Gasteiger partial charge in [0.15, 0.2) is 0 Å². The second kappa shape index (κ2) is 6.25. The fraction of sp³-hybridized carbons (Fsp3) is 0.381. The molecule has 1 unspecified atom stereocenters. The molecule has 0 bridgehead atoms. The van der Waals surface area contributed by atoms with Gasteiger partial charge >= 0.3 is 0 Å². The standard InChI is InChI=1S/C21H25ClN2/c1-14(15-7-9-20-17(11-15)13-23-24(20)5)10-16-6-8-18(12-19(16)22)21(2,3)4/h6-9,11-14H,10H2,1-5H3. The van der Waals surface area contributed by atoms with Gasteiger partial charge in [0.25, 0.3) is 0 Å². The summed E-state index contributed by atoms with van der Waals surface area (Å²) < 4.78 is 1.91. The highest BCUT2D eigenvalue weighted by molar-refractivity contribution is 6.31. The molecule has 3 rings (SSSR count). The van der Waals surface area contributed by atoms with Crippen LogP contribution < -0.4 is 0 Å². The molecule has 0 N–H and O–H groups in total. The van der Waals surface area contributed by atoms with Crippen LogP contribution in [0, 0.1) is 0 Å². The highest BCUT2D eigenvalue weighted by Gasteiger charge is 2.16. The summed E-state index contributed by atoms with van der Waals surface area (Å²) >= 11 is 6.55. The van der Waals surface area contributed by atoms with Crippen molar-refractivity contribution in [1.29, 1.82) is 0 Å². The minimum absolute atomic E-state index is 0.124. The van der Waals surface area contributed by atoms with E-state index in [2.05, 4.69) is 69.2 Å². The van der Waals surface area contributed by atoms with Gasteiger partial charge in [0.2, 0.25) is 0 Å². The zero-order valence-electron chi connectivity index (χ0n) is 15.1. The summed E-state index contributed by atoms with van der Waals surface area (Å²) in [6, 6.07) is 13.1. The van der Waals surface area contributed by atoms with Gasteiger partial charge in [-0.2, -0.15) is 5.10 Å². The molecule has 1 atom stereocenters. The van der Waals surface area contributed by atoms with Crippen LogP contribution in [0.4, 0.5) is 0 Å². The van der Waals surface area contributed by atoms with E-state index in [4.69, 9.17) is 11.6 Å². The second-order valence-corrected chi connectivity index (χ2v) is 8.15. The van der Waals surface area contributed by atoms with Crippen LogP contribution in [0.15, 0.2) is 42.6 Å². The Kier molecular flexibility index (Phi) is 4.44. The number of hydrogen-bond acceptors (Lipinski definition) is 1. The minimum Gasteiger partial charge on any atom is -0.268 e. The molecule has 1 heterocycles. The van der Waals surface area contributed by atoms with Crippen molar-refractivity contribution in [3.05, 3.63) is 64.3 Å². The Morgan fingerprint density at radius 2 is 1.88 bits per heavy atom. The van der Waals surface area contributed by atoms with E-state index in [0.29, 0.717) is 5.92 Å². The van der Waals surface area contributed by atoms with Gasteiger partial charge in [-0.25, -0.2) is 0 Å². The number of fused-ring (bicyclic) bond motifs is 1. The fourth-order valence-corrected chi connectivity index (χ4v) is 3.37. The molecule has 0 radical (unpaired) electrons. The van der Waals surface area contributed by atoms with E-state index in [1.807, 2.05) is 17.9 Å². The van der Waals surface area contributed by atoms with E-state index in [-0.39, 0.29) is 5.41 Å². The topological polar surface area (TPSA) is 17.8 Å². The average Bonchev–Trinajstić information content (AvgIpc) is 2.89. The molecule has 126 valence electrons. The first-order valence-electron chi connectivity index (χ1n) is 8.46. The number of rotatable bonds is 3. The van der Waals surface area contributed by atoms with Crippen molar-refractivity contribution in [2.45, 2.75) is 45.4 Å². The van der Waals surface area contributed by atoms with Gasteiger partial charge in [0.1, 0.15) is 0 Å². The summed E-state index contributed by atoms with van der Waals surface area (Å²) in [6.07, 6.45) is 2.87. The Balaban J connectivity index is 1.84. The average molecular weight is 341 g/mol. The normalized spacial score (nSPS) is 13.4. The summed E-state index contributed by atoms with van der Waals surface area (Å²) in [5.41, 5.74) is 5.10. The molecule has 2 aromatic carbocycles. The second-order valence-electron chi connectivity index (χ2n) is 7.75. The molecule has 0 aliphatic rings. The van der Waals surface area contributed by atoms with Crippen LogP contribution in [-0.2, 0) is 18.9 Å². The molecule has 24 heavy (non-hydrogen) atoms. The maximum atomic E-state index is 6.55. The van der Waals surface area contributed by atoms with Crippen LogP contribution in [0.2, 0.25) is 5.02 Å². The lowest BCUT2D eigenvalue weighted by Crippen LogP contribution is -2.11. The number of aryl methyl sites for hydroxylation is 1. The van der Waals surface area contributed by atoms with Gasteiger partial charge in [-0.3, -0.25) is 4.68 Å². The van der Waals surface area contributed by atoms with E-state index < -0.39 is 0 Å². The molecular weight excluding hydrogens is 316 g/mol. The lowest BCUT2D eigenvalue weighted by molar-refractivity contribution is 0.590. The van der Waals surface area contributed by atoms with E-state index in [1.165, 1.54) is 27.6 Å². The number of nitrogens with zero attached hydrogens (tertiary/aromatic N) is 2. The van der Waals surface area contributed by atoms with Gasteiger partial charge in [-0.15, -0.1) is 0 Å². The molecule has 0 aliphatic carbocycles. The third-order valence-corrected chi connectivity index (χ3v) is 5.14. The third kappa shape index (κ3) is 3.34. The van der Waals surface area contributed by atoms with E-state index in [0.717, 1.165) is 11.4 Å². The van der Waals surface area contributed by atoms with Crippen molar-refractivity contribution in [2.24, 2.45) is 7.05 Å². The van der Waals surface area contributed by atoms with Crippen molar-refractivity contribution in [3.63, 3.8) is 0 Å². The van der Waals surface area contributed by atoms with Gasteiger partial charge in [0.05, 0.1) is 11.7 Å². The summed E-state index contributed by atoms with van der Waals surface area (Å²) in [5.74, 6) is 0.410. The van der Waals surface area contributed by atoms with Gasteiger partial charge in [-0.1, -0.05) is 57.5 Å². The van der Waals surface area contributed by atoms with E-state index >= 15 is 0 Å². The fourth-order valence-electron chi connectivity index (χ4n) is 3.12. The van der Waals surface area contributed by atoms with Crippen LogP contribution in [0.3, 0.4) is 0 Å². The first-order valence-corrected chi connectivity index (χ1v) is 8.84. The molecule has 0 fully saturated rings. The van der Waals surface area contributed by atoms with Crippen LogP contribution in [0.1, 0.15) is 50.3 Å². The maximum absolute atomic E-state index is 6.55. The summed E-state index contributed by atoms with van der Waals surface area (Å²) in [5, 5.41) is 6.39. The van der Waals surface area contributed by atoms with Crippen molar-refractivity contribution in [3.8, 4) is 0 Å². The zero-order valence-corrected chi connectivity index (χ0v) is 15.9. The quantitative estimate of drug-likeness (QED) is 0.583. The van der Waals surface area contributed by atoms with Crippen molar-refractivity contribution in [2.75, 3.05) is 0 Å². The molecule has 0 aliphatic heterocycles. The van der Waals surface area contributed by atoms with Crippen LogP contribution in [0.25, 0.3) is 10.9 Å². The zero-order chi connectivity index (χ0) is 17.5. The molecule has 3 aromatic rings. The lowest BCUT2D eigenvalue weighted by Gasteiger charge is -2.21. The molecule has 0 saturated heterocycles. The van der Waals surface area contributed by atoms with Gasteiger partial charge in [0, 0.05) is 17.5 Å². The number of benzene rings is 2. The van der Waals surface area contributed by atoms with Crippen molar-refractivity contribution < 1.29 is 0 Å². The maximum Gasteiger partial charge on any atom is 0.0679 e. The summed E-state index contributed by atoms with van der Waals surface area (Å²) in [4.78, 5) is 0. The van der Waals surface area contributed by atoms with Crippen LogP contribution in [0.5, 0.6) is 0 Å². The first-order chi connectivity index (χ1) is 11.3. The third-order valence-electron chi connectivity index (χ3n) is 4.78. The lowest BCUT2D eigenvalue weighted by atomic mass is 9.85. The Morgan fingerprint density at radius 1 is 1.12 bits per heavy atom. The number of halogens is 1. The molecule has 2 nitrogen and oxygen atoms in total. The molecule has 3 heteroatoms. The smallest absolute Gasteiger partial charge is 0.0679 e. The molecule has 1 aromatic heterocycles. The Labute approximate surface area is 149 Å². The van der Waals surface area contributed by atoms with Gasteiger partial charge < -0.3 is 0 Å². The number of hydrogen-bond donors (Lipinski definition) is 0. The van der Waals surface area contributed by atoms with Gasteiger partial charge in [-0.05, 0) is 52.6 Å². The Hall–Kier alpha value is -1.80. The molecular formula is C21H25ClN2. The molecule has 0 spiro atoms. The van der Waals surface area contributed by atoms with Crippen LogP contribution in [-0.4, -0.2) is 9.78 Å². The number of aromatic nitrogens is 2. The van der Waals surface area contributed by atoms with Crippen molar-refractivity contribution in [1.82, 2.24) is 9.78 Å². The predicted molar refractivity (Wildman–Crippen MR) is 103 cm³/mol. The molecule has 0 amide bonds. The first kappa shape index (κ1) is 17.0. The Bertz CT molecular complexity index is 871. The highest BCUT2D eigenvalue weighted by atomic mass is 35.5. The van der Waals surface area contributed by atoms with E-state index in [9.17, 15) is 0 Å². The highest BCUT2D eigenvalue weighted by Crippen LogP contribution is 2.31. The summed E-state index contributed by atoms with van der Waals surface area (Å²) in [7, 11) is 1.97. The Morgan fingerprint density at radius 3 is 2.54 bits per heavy atom. The van der Waals surface area contributed by atoms with E-state index in [1.54, 1.807) is 0 Å². The monoisotopic (exact) mass is 340 g/mol. The minimum atomic E-state index is 0.124. The predicted octanol–water partition coefficient (Wildman–Crippen LogP) is 5.87. The van der Waals surface area contributed by atoms with Crippen molar-refractivity contribution >= 4 is 22.5 Å². The largest absolute Gasteiger partial charge is 0.268 e. The summed E-state index contributed by atoms with van der Waals surface area (Å²) in [6.45, 7) is 8.89.